The van der Waals surface area contributed by atoms with Crippen LogP contribution in [0.25, 0.3) is 21.5 Å². The number of carbonyl (C=O) groups excluding carboxylic acids is 2. The molecule has 0 atom stereocenters. The van der Waals surface area contributed by atoms with Crippen LogP contribution in [0.2, 0.25) is 0 Å². The fourth-order valence-electron chi connectivity index (χ4n) is 5.41. The van der Waals surface area contributed by atoms with Gasteiger partial charge in [-0.05, 0) is 91.4 Å². The molecule has 9 heteroatoms. The van der Waals surface area contributed by atoms with Crippen molar-refractivity contribution < 1.29 is 18.8 Å². The average molecular weight is 609 g/mol. The summed E-state index contributed by atoms with van der Waals surface area (Å²) in [5.41, 5.74) is 3.66. The number of aldehydes is 1. The molecule has 4 heterocycles. The summed E-state index contributed by atoms with van der Waals surface area (Å²) in [5, 5.41) is 5.25. The Hall–Kier alpha value is -3.27. The van der Waals surface area contributed by atoms with E-state index in [4.69, 9.17) is 9.26 Å². The molecule has 5 rings (SSSR count). The van der Waals surface area contributed by atoms with Gasteiger partial charge in [0.05, 0.1) is 35.8 Å². The molecule has 1 fully saturated rings. The lowest BCUT2D eigenvalue weighted by atomic mass is 10.0. The van der Waals surface area contributed by atoms with Crippen LogP contribution in [-0.4, -0.2) is 77.2 Å². The summed E-state index contributed by atoms with van der Waals surface area (Å²) in [6.07, 6.45) is 3.19. The summed E-state index contributed by atoms with van der Waals surface area (Å²) in [4.78, 5) is 29.8. The maximum atomic E-state index is 11.5. The van der Waals surface area contributed by atoms with Crippen molar-refractivity contribution in [3.8, 4) is 10.6 Å². The lowest BCUT2D eigenvalue weighted by molar-refractivity contribution is -0.144. The Balaban J connectivity index is 0.000000236. The van der Waals surface area contributed by atoms with Crippen LogP contribution in [0.4, 0.5) is 0 Å². The van der Waals surface area contributed by atoms with Crippen molar-refractivity contribution in [2.75, 3.05) is 33.3 Å². The van der Waals surface area contributed by atoms with Crippen molar-refractivity contribution in [1.82, 2.24) is 19.5 Å². The maximum absolute atomic E-state index is 11.5. The normalized spacial score (nSPS) is 13.9. The first-order valence-electron chi connectivity index (χ1n) is 15.4. The van der Waals surface area contributed by atoms with Crippen LogP contribution in [0.1, 0.15) is 74.1 Å². The summed E-state index contributed by atoms with van der Waals surface area (Å²) in [6, 6.07) is 15.2. The number of aryl methyl sites for hydroxylation is 2. The highest BCUT2D eigenvalue weighted by molar-refractivity contribution is 7.15. The fourth-order valence-corrected chi connectivity index (χ4v) is 6.23. The van der Waals surface area contributed by atoms with Gasteiger partial charge in [0.2, 0.25) is 0 Å². The molecule has 0 bridgehead atoms. The number of likely N-dealkylation sites (tertiary alicyclic amines) is 1. The first kappa shape index (κ1) is 34.2. The molecule has 0 radical (unpaired) electrons. The van der Waals surface area contributed by atoms with Crippen molar-refractivity contribution in [2.45, 2.75) is 79.9 Å². The third-order valence-corrected chi connectivity index (χ3v) is 8.69. The number of thiophene rings is 1. The van der Waals surface area contributed by atoms with Crippen LogP contribution in [-0.2, 0) is 16.1 Å². The molecule has 0 saturated carbocycles. The first-order valence-corrected chi connectivity index (χ1v) is 16.2. The number of hydrogen-bond acceptors (Lipinski definition) is 8. The molecule has 1 aliphatic heterocycles. The quantitative estimate of drug-likeness (QED) is 0.147. The minimum Gasteiger partial charge on any atom is -0.465 e. The van der Waals surface area contributed by atoms with E-state index in [-0.39, 0.29) is 5.97 Å². The van der Waals surface area contributed by atoms with Crippen LogP contribution in [0.15, 0.2) is 47.0 Å². The smallest absolute Gasteiger partial charge is 0.320 e. The highest BCUT2D eigenvalue weighted by Gasteiger charge is 2.24. The predicted octanol–water partition coefficient (Wildman–Crippen LogP) is 7.22. The number of para-hydroxylation sites is 1. The molecule has 8 nitrogen and oxygen atoms in total. The monoisotopic (exact) mass is 608 g/mol. The number of aromatic nitrogens is 2. The molecule has 43 heavy (non-hydrogen) atoms. The number of benzene rings is 1. The number of likely N-dealkylation sites (N-methyl/N-ethyl adjacent to an activating group) is 1. The number of nitrogens with zero attached hydrogens (tertiary/aromatic N) is 4. The zero-order valence-corrected chi connectivity index (χ0v) is 27.9. The third kappa shape index (κ3) is 9.11. The number of ether oxygens (including phenoxy) is 1. The SMILES string of the molecule is CC.CCOC(=O)CN(C)C1CCN(C(C)C)CC1.Cc1ccc(-c2cc(Cn3c(C=O)cc4cccc(C)c43)no2)s1. The Kier molecular flexibility index (Phi) is 13.2. The molecule has 0 spiro atoms. The Morgan fingerprint density at radius 3 is 2.49 bits per heavy atom. The van der Waals surface area contributed by atoms with Gasteiger partial charge in [-0.25, -0.2) is 0 Å². The molecule has 1 aromatic carbocycles. The van der Waals surface area contributed by atoms with Crippen molar-refractivity contribution in [1.29, 1.82) is 0 Å². The summed E-state index contributed by atoms with van der Waals surface area (Å²) in [7, 11) is 2.02. The Labute approximate surface area is 260 Å². The van der Waals surface area contributed by atoms with Gasteiger partial charge in [-0.15, -0.1) is 11.3 Å². The van der Waals surface area contributed by atoms with Crippen molar-refractivity contribution in [3.05, 3.63) is 64.3 Å². The second-order valence-electron chi connectivity index (χ2n) is 11.0. The standard InChI is InChI=1S/C19H16N2O2S.C13H26N2O2.C2H6/c1-12-4-3-5-14-8-16(11-22)21(19(12)14)10-15-9-17(23-20-15)18-7-6-13(2)24-18;1-5-17-13(16)10-14(4)12-6-8-15(9-7-12)11(2)3;1-2/h3-9,11H,10H2,1-2H3;11-12H,5-10H2,1-4H3;1-2H3. The van der Waals surface area contributed by atoms with Gasteiger partial charge >= 0.3 is 5.97 Å². The van der Waals surface area contributed by atoms with Crippen LogP contribution in [0.3, 0.4) is 0 Å². The second-order valence-corrected chi connectivity index (χ2v) is 12.2. The summed E-state index contributed by atoms with van der Waals surface area (Å²) in [5.74, 6) is 0.658. The van der Waals surface area contributed by atoms with Gasteiger partial charge in [-0.3, -0.25) is 14.5 Å². The Morgan fingerprint density at radius 1 is 1.16 bits per heavy atom. The highest BCUT2D eigenvalue weighted by atomic mass is 32.1. The van der Waals surface area contributed by atoms with E-state index >= 15 is 0 Å². The van der Waals surface area contributed by atoms with Crippen LogP contribution in [0.5, 0.6) is 0 Å². The number of fused-ring (bicyclic) bond motifs is 1. The minimum absolute atomic E-state index is 0.110. The number of esters is 1. The fraction of sp³-hybridized carbons (Fsp3) is 0.500. The molecule has 1 aliphatic rings. The average Bonchev–Trinajstić information content (AvgIpc) is 3.74. The number of piperidine rings is 1. The Morgan fingerprint density at radius 2 is 1.88 bits per heavy atom. The van der Waals surface area contributed by atoms with Crippen molar-refractivity contribution in [3.63, 3.8) is 0 Å². The Bertz CT molecular complexity index is 1450. The predicted molar refractivity (Wildman–Crippen MR) is 176 cm³/mol. The third-order valence-electron chi connectivity index (χ3n) is 7.67. The van der Waals surface area contributed by atoms with Crippen molar-refractivity contribution >= 4 is 34.5 Å². The van der Waals surface area contributed by atoms with E-state index in [0.29, 0.717) is 37.5 Å². The van der Waals surface area contributed by atoms with E-state index in [0.717, 1.165) is 65.0 Å². The van der Waals surface area contributed by atoms with Gasteiger partial charge in [0, 0.05) is 28.4 Å². The molecular formula is C34H48N4O4S. The highest BCUT2D eigenvalue weighted by Crippen LogP contribution is 2.29. The molecule has 4 aromatic rings. The zero-order valence-electron chi connectivity index (χ0n) is 27.1. The molecule has 0 unspecified atom stereocenters. The van der Waals surface area contributed by atoms with E-state index < -0.39 is 0 Å². The van der Waals surface area contributed by atoms with Crippen LogP contribution >= 0.6 is 11.3 Å². The summed E-state index contributed by atoms with van der Waals surface area (Å²) in [6.45, 7) is 18.1. The molecule has 0 aliphatic carbocycles. The van der Waals surface area contributed by atoms with E-state index in [2.05, 4.69) is 54.8 Å². The molecule has 1 saturated heterocycles. The molecule has 0 N–H and O–H groups in total. The van der Waals surface area contributed by atoms with Gasteiger partial charge < -0.3 is 18.7 Å². The number of hydrogen-bond donors (Lipinski definition) is 0. The lowest BCUT2D eigenvalue weighted by Gasteiger charge is -2.38. The topological polar surface area (TPSA) is 80.8 Å². The number of carbonyl (C=O) groups is 2. The van der Waals surface area contributed by atoms with Crippen LogP contribution in [0, 0.1) is 13.8 Å². The van der Waals surface area contributed by atoms with Crippen molar-refractivity contribution in [2.24, 2.45) is 0 Å². The van der Waals surface area contributed by atoms with Gasteiger partial charge in [0.1, 0.15) is 5.69 Å². The number of rotatable bonds is 9. The van der Waals surface area contributed by atoms with Crippen LogP contribution < -0.4 is 0 Å². The first-order chi connectivity index (χ1) is 20.7. The maximum Gasteiger partial charge on any atom is 0.320 e. The van der Waals surface area contributed by atoms with Gasteiger partial charge in [0.25, 0.3) is 0 Å². The van der Waals surface area contributed by atoms with E-state index in [1.807, 2.05) is 62.7 Å². The molecule has 234 valence electrons. The molecular weight excluding hydrogens is 560 g/mol. The van der Waals surface area contributed by atoms with Gasteiger partial charge in [-0.1, -0.05) is 37.2 Å². The molecule has 0 amide bonds. The summed E-state index contributed by atoms with van der Waals surface area (Å²) >= 11 is 1.68. The van der Waals surface area contributed by atoms with E-state index in [9.17, 15) is 9.59 Å². The minimum atomic E-state index is -0.110. The second kappa shape index (κ2) is 16.5. The molecule has 3 aromatic heterocycles. The largest absolute Gasteiger partial charge is 0.465 e. The lowest BCUT2D eigenvalue weighted by Crippen LogP contribution is -2.46. The van der Waals surface area contributed by atoms with E-state index in [1.165, 1.54) is 4.88 Å². The van der Waals surface area contributed by atoms with Gasteiger partial charge in [0.15, 0.2) is 12.0 Å². The zero-order chi connectivity index (χ0) is 31.5. The van der Waals surface area contributed by atoms with E-state index in [1.54, 1.807) is 11.3 Å². The van der Waals surface area contributed by atoms with Gasteiger partial charge in [-0.2, -0.15) is 0 Å². The summed E-state index contributed by atoms with van der Waals surface area (Å²) < 4.78 is 12.5.